The first-order valence-electron chi connectivity index (χ1n) is 11.7. The van der Waals surface area contributed by atoms with Gasteiger partial charge in [0.25, 0.3) is 0 Å². The van der Waals surface area contributed by atoms with Crippen LogP contribution in [0.2, 0.25) is 0 Å². The Bertz CT molecular complexity index is 938. The molecule has 9 nitrogen and oxygen atoms in total. The van der Waals surface area contributed by atoms with Crippen molar-refractivity contribution < 1.29 is 43.2 Å². The van der Waals surface area contributed by atoms with Gasteiger partial charge in [0.1, 0.15) is 12.2 Å². The van der Waals surface area contributed by atoms with Crippen LogP contribution >= 0.6 is 0 Å². The van der Waals surface area contributed by atoms with Crippen molar-refractivity contribution in [2.24, 2.45) is 11.3 Å². The lowest BCUT2D eigenvalue weighted by Crippen LogP contribution is -2.65. The Balaban J connectivity index is 1.69. The third-order valence-corrected chi connectivity index (χ3v) is 8.70. The van der Waals surface area contributed by atoms with Crippen molar-refractivity contribution in [2.75, 3.05) is 6.61 Å². The minimum atomic E-state index is -1.29. The minimum absolute atomic E-state index is 0.422. The number of rotatable bonds is 2. The Kier molecular flexibility index (Phi) is 4.85. The van der Waals surface area contributed by atoms with Crippen LogP contribution in [0.5, 0.6) is 0 Å². The van der Waals surface area contributed by atoms with Gasteiger partial charge in [-0.1, -0.05) is 12.5 Å². The van der Waals surface area contributed by atoms with E-state index in [0.717, 1.165) is 5.57 Å². The van der Waals surface area contributed by atoms with Gasteiger partial charge >= 0.3 is 17.9 Å². The van der Waals surface area contributed by atoms with E-state index in [9.17, 15) is 19.5 Å². The summed E-state index contributed by atoms with van der Waals surface area (Å²) in [6.07, 6.45) is 0.731. The van der Waals surface area contributed by atoms with Gasteiger partial charge < -0.3 is 28.8 Å². The van der Waals surface area contributed by atoms with Crippen LogP contribution < -0.4 is 0 Å². The van der Waals surface area contributed by atoms with Gasteiger partial charge in [-0.3, -0.25) is 9.59 Å². The molecule has 1 N–H and O–H groups in total. The molecule has 2 spiro atoms. The monoisotopic (exact) mass is 464 g/mol. The van der Waals surface area contributed by atoms with Crippen molar-refractivity contribution in [3.05, 3.63) is 11.6 Å². The summed E-state index contributed by atoms with van der Waals surface area (Å²) in [6, 6.07) is 0. The average molecular weight is 465 g/mol. The number of aliphatic hydroxyl groups is 1. The maximum Gasteiger partial charge on any atom is 0.342 e. The van der Waals surface area contributed by atoms with Crippen molar-refractivity contribution >= 4 is 17.9 Å². The molecule has 33 heavy (non-hydrogen) atoms. The predicted molar refractivity (Wildman–Crippen MR) is 112 cm³/mol. The highest BCUT2D eigenvalue weighted by atomic mass is 16.7. The van der Waals surface area contributed by atoms with Crippen LogP contribution in [-0.2, 0) is 38.1 Å². The lowest BCUT2D eigenvalue weighted by Gasteiger charge is -2.54. The molecular formula is C24H32O9. The number of esters is 3. The van der Waals surface area contributed by atoms with Gasteiger partial charge in [0.05, 0.1) is 18.3 Å². The molecule has 182 valence electrons. The molecule has 3 saturated heterocycles. The number of fused-ring (bicyclic) bond motifs is 2. The molecule has 0 aromatic rings. The first kappa shape index (κ1) is 22.8. The van der Waals surface area contributed by atoms with E-state index in [0.29, 0.717) is 32.3 Å². The van der Waals surface area contributed by atoms with Gasteiger partial charge in [0.2, 0.25) is 0 Å². The van der Waals surface area contributed by atoms with E-state index in [2.05, 4.69) is 0 Å². The molecule has 5 aliphatic rings. The summed E-state index contributed by atoms with van der Waals surface area (Å²) in [6.45, 7) is 8.57. The molecule has 4 fully saturated rings. The number of allylic oxidation sites excluding steroid dienone is 1. The second-order valence-corrected chi connectivity index (χ2v) is 10.7. The van der Waals surface area contributed by atoms with Crippen LogP contribution in [0.3, 0.4) is 0 Å². The molecule has 0 aromatic heterocycles. The largest absolute Gasteiger partial charge is 0.462 e. The molecule has 9 atom stereocenters. The van der Waals surface area contributed by atoms with Crippen LogP contribution in [0, 0.1) is 11.3 Å². The van der Waals surface area contributed by atoms with E-state index < -0.39 is 70.5 Å². The van der Waals surface area contributed by atoms with Gasteiger partial charge in [0.15, 0.2) is 17.3 Å². The highest BCUT2D eigenvalue weighted by Gasteiger charge is 2.87. The first-order chi connectivity index (χ1) is 15.4. The predicted octanol–water partition coefficient (Wildman–Crippen LogP) is 1.59. The van der Waals surface area contributed by atoms with Crippen LogP contribution in [0.15, 0.2) is 11.6 Å². The van der Waals surface area contributed by atoms with Gasteiger partial charge in [-0.25, -0.2) is 4.79 Å². The summed E-state index contributed by atoms with van der Waals surface area (Å²) < 4.78 is 29.3. The molecule has 0 bridgehead atoms. The molecule has 0 radical (unpaired) electrons. The van der Waals surface area contributed by atoms with Crippen LogP contribution in [0.4, 0.5) is 0 Å². The summed E-state index contributed by atoms with van der Waals surface area (Å²) in [5.74, 6) is -2.03. The van der Waals surface area contributed by atoms with Crippen molar-refractivity contribution in [1.82, 2.24) is 0 Å². The second-order valence-electron chi connectivity index (χ2n) is 10.7. The van der Waals surface area contributed by atoms with Crippen LogP contribution in [-0.4, -0.2) is 70.8 Å². The number of carbonyl (C=O) groups is 3. The fraction of sp³-hybridized carbons (Fsp3) is 0.792. The Hall–Kier alpha value is -1.97. The van der Waals surface area contributed by atoms with Crippen LogP contribution in [0.25, 0.3) is 0 Å². The third-order valence-electron chi connectivity index (χ3n) is 8.70. The number of epoxide rings is 2. The third kappa shape index (κ3) is 2.98. The van der Waals surface area contributed by atoms with E-state index in [-0.39, 0.29) is 0 Å². The van der Waals surface area contributed by atoms with Crippen LogP contribution in [0.1, 0.15) is 60.3 Å². The van der Waals surface area contributed by atoms with Crippen molar-refractivity contribution in [3.63, 3.8) is 0 Å². The number of hydrogen-bond acceptors (Lipinski definition) is 9. The second kappa shape index (κ2) is 7.02. The fourth-order valence-electron chi connectivity index (χ4n) is 6.92. The van der Waals surface area contributed by atoms with Gasteiger partial charge in [-0.15, -0.1) is 0 Å². The molecule has 1 saturated carbocycles. The summed E-state index contributed by atoms with van der Waals surface area (Å²) in [7, 11) is 0. The first-order valence-corrected chi connectivity index (χ1v) is 11.7. The summed E-state index contributed by atoms with van der Waals surface area (Å²) in [5, 5.41) is 12.1. The maximum absolute atomic E-state index is 12.7. The van der Waals surface area contributed by atoms with E-state index in [1.165, 1.54) is 13.8 Å². The zero-order chi connectivity index (χ0) is 24.0. The van der Waals surface area contributed by atoms with E-state index >= 15 is 0 Å². The number of hydrogen-bond donors (Lipinski definition) is 1. The molecule has 3 heterocycles. The van der Waals surface area contributed by atoms with E-state index in [1.54, 1.807) is 6.92 Å². The fourth-order valence-corrected chi connectivity index (χ4v) is 6.92. The van der Waals surface area contributed by atoms with Gasteiger partial charge in [-0.2, -0.15) is 0 Å². The molecule has 0 aromatic carbocycles. The maximum atomic E-state index is 12.7. The molecule has 9 heteroatoms. The molecular weight excluding hydrogens is 432 g/mol. The molecule has 2 aliphatic carbocycles. The van der Waals surface area contributed by atoms with Crippen molar-refractivity contribution in [1.29, 1.82) is 0 Å². The standard InChI is InChI=1S/C24H32O9/c1-12-6-7-15(30-13(2)25)21(4)16(31-14(3)26)8-9-23(11-29-23)18(21)19(27)24-17(10-12)32-20(28)22(24,5)33-24/h10,15-19,27H,6-9,11H2,1-5H3/b12-10+/t15-,16-,17-,18+,19-,21-,22-,23+,24-/m1/s1. The SMILES string of the molecule is CC(=O)O[C@@H]1CC/C(C)=C/[C@H]2OC(=O)[C@@]3(C)O[C@@]23[C@H](O)[C@@H]2[C@]3(CC[C@@H](OC(C)=O)[C@]21C)CO3. The summed E-state index contributed by atoms with van der Waals surface area (Å²) in [4.78, 5) is 37.0. The van der Waals surface area contributed by atoms with Crippen molar-refractivity contribution in [3.8, 4) is 0 Å². The van der Waals surface area contributed by atoms with E-state index in [1.807, 2.05) is 19.9 Å². The van der Waals surface area contributed by atoms with Gasteiger partial charge in [-0.05, 0) is 45.6 Å². The quantitative estimate of drug-likeness (QED) is 0.281. The highest BCUT2D eigenvalue weighted by Crippen LogP contribution is 2.67. The highest BCUT2D eigenvalue weighted by molar-refractivity contribution is 5.89. The summed E-state index contributed by atoms with van der Waals surface area (Å²) in [5.41, 5.74) is -3.31. The Labute approximate surface area is 192 Å². The Morgan fingerprint density at radius 1 is 1.12 bits per heavy atom. The lowest BCUT2D eigenvalue weighted by molar-refractivity contribution is -0.215. The number of aliphatic hydroxyl groups excluding tert-OH is 1. The summed E-state index contributed by atoms with van der Waals surface area (Å²) >= 11 is 0. The Morgan fingerprint density at radius 3 is 2.27 bits per heavy atom. The van der Waals surface area contributed by atoms with E-state index in [4.69, 9.17) is 23.7 Å². The number of ether oxygens (including phenoxy) is 5. The molecule has 0 unspecified atom stereocenters. The minimum Gasteiger partial charge on any atom is -0.462 e. The number of carbonyl (C=O) groups excluding carboxylic acids is 3. The normalized spacial score (nSPS) is 51.8. The lowest BCUT2D eigenvalue weighted by atomic mass is 9.53. The van der Waals surface area contributed by atoms with Crippen molar-refractivity contribution in [2.45, 2.75) is 102 Å². The zero-order valence-electron chi connectivity index (χ0n) is 19.7. The zero-order valence-corrected chi connectivity index (χ0v) is 19.7. The molecule has 3 aliphatic heterocycles. The van der Waals surface area contributed by atoms with Gasteiger partial charge in [0, 0.05) is 25.2 Å². The smallest absolute Gasteiger partial charge is 0.342 e. The molecule has 0 amide bonds. The average Bonchev–Trinajstić information content (AvgIpc) is 3.60. The topological polar surface area (TPSA) is 124 Å². The Morgan fingerprint density at radius 2 is 1.73 bits per heavy atom. The molecule has 5 rings (SSSR count).